The predicted molar refractivity (Wildman–Crippen MR) is 105 cm³/mol. The zero-order valence-electron chi connectivity index (χ0n) is 14.8. The summed E-state index contributed by atoms with van der Waals surface area (Å²) in [4.78, 5) is 35.8. The molecule has 0 radical (unpaired) electrons. The first-order valence-electron chi connectivity index (χ1n) is 8.97. The number of benzene rings is 2. The molecule has 2 N–H and O–H groups in total. The highest BCUT2D eigenvalue weighted by atomic mass is 35.5. The number of hydrogen-bond acceptors (Lipinski definition) is 3. The smallest absolute Gasteiger partial charge is 0.251 e. The normalized spacial score (nSPS) is 13.1. The summed E-state index contributed by atoms with van der Waals surface area (Å²) in [6, 6.07) is 14.6. The van der Waals surface area contributed by atoms with E-state index < -0.39 is 0 Å². The fourth-order valence-electron chi connectivity index (χ4n) is 2.81. The average molecular weight is 385 g/mol. The molecule has 6 heteroatoms. The Morgan fingerprint density at radius 3 is 2.30 bits per heavy atom. The molecule has 1 fully saturated rings. The zero-order valence-corrected chi connectivity index (χ0v) is 15.6. The van der Waals surface area contributed by atoms with Crippen LogP contribution in [0.1, 0.15) is 29.6 Å². The summed E-state index contributed by atoms with van der Waals surface area (Å²) >= 11 is 5.93. The van der Waals surface area contributed by atoms with Crippen LogP contribution in [0.3, 0.4) is 0 Å². The van der Waals surface area contributed by atoms with Crippen molar-refractivity contribution in [1.82, 2.24) is 10.6 Å². The fourth-order valence-corrected chi connectivity index (χ4v) is 2.93. The van der Waals surface area contributed by atoms with E-state index in [1.807, 2.05) is 24.3 Å². The lowest BCUT2D eigenvalue weighted by atomic mass is 9.99. The Hall–Kier alpha value is -2.66. The van der Waals surface area contributed by atoms with Gasteiger partial charge in [0.25, 0.3) is 5.91 Å². The molecule has 0 aliphatic heterocycles. The third-order valence-electron chi connectivity index (χ3n) is 4.43. The van der Waals surface area contributed by atoms with E-state index >= 15 is 0 Å². The molecule has 27 heavy (non-hydrogen) atoms. The maximum atomic E-state index is 12.5. The summed E-state index contributed by atoms with van der Waals surface area (Å²) in [5.74, 6) is -0.417. The van der Waals surface area contributed by atoms with Gasteiger partial charge in [0.05, 0.1) is 6.42 Å². The van der Waals surface area contributed by atoms with Crippen molar-refractivity contribution in [3.63, 3.8) is 0 Å². The average Bonchev–Trinajstić information content (AvgIpc) is 3.51. The number of rotatable bonds is 8. The van der Waals surface area contributed by atoms with Gasteiger partial charge in [-0.3, -0.25) is 14.4 Å². The molecule has 0 heterocycles. The highest BCUT2D eigenvalue weighted by molar-refractivity contribution is 6.30. The van der Waals surface area contributed by atoms with Crippen molar-refractivity contribution in [3.05, 3.63) is 59.1 Å². The van der Waals surface area contributed by atoms with Crippen LogP contribution in [0.5, 0.6) is 0 Å². The molecule has 0 aromatic heterocycles. The van der Waals surface area contributed by atoms with Crippen molar-refractivity contribution in [3.8, 4) is 11.1 Å². The van der Waals surface area contributed by atoms with Crippen LogP contribution in [-0.2, 0) is 9.59 Å². The number of ketones is 1. The summed E-state index contributed by atoms with van der Waals surface area (Å²) < 4.78 is 0. The molecule has 5 nitrogen and oxygen atoms in total. The summed E-state index contributed by atoms with van der Waals surface area (Å²) in [5.41, 5.74) is 2.26. The standard InChI is InChI=1S/C21H21ClN2O3/c22-16-9-7-14(8-10-16)17-3-1-2-4-18(17)21(27)24-12-11-23-20(26)13-19(25)15-5-6-15/h1-4,7-10,15H,5-6,11-13H2,(H,23,26)(H,24,27). The van der Waals surface area contributed by atoms with Crippen molar-refractivity contribution in [1.29, 1.82) is 0 Å². The van der Waals surface area contributed by atoms with Gasteiger partial charge < -0.3 is 10.6 Å². The van der Waals surface area contributed by atoms with E-state index in [0.29, 0.717) is 10.6 Å². The first kappa shape index (κ1) is 19.1. The van der Waals surface area contributed by atoms with Gasteiger partial charge in [-0.05, 0) is 42.2 Å². The summed E-state index contributed by atoms with van der Waals surface area (Å²) in [7, 11) is 0. The Labute approximate surface area is 163 Å². The number of carbonyl (C=O) groups excluding carboxylic acids is 3. The lowest BCUT2D eigenvalue weighted by Gasteiger charge is -2.11. The summed E-state index contributed by atoms with van der Waals surface area (Å²) in [6.45, 7) is 0.572. The van der Waals surface area contributed by atoms with Crippen molar-refractivity contribution < 1.29 is 14.4 Å². The molecule has 0 atom stereocenters. The molecule has 0 unspecified atom stereocenters. The van der Waals surface area contributed by atoms with E-state index in [0.717, 1.165) is 24.0 Å². The Kier molecular flexibility index (Phi) is 6.24. The maximum absolute atomic E-state index is 12.5. The number of hydrogen-bond donors (Lipinski definition) is 2. The second-order valence-corrected chi connectivity index (χ2v) is 7.01. The number of carbonyl (C=O) groups is 3. The van der Waals surface area contributed by atoms with Crippen LogP contribution in [0.15, 0.2) is 48.5 Å². The first-order chi connectivity index (χ1) is 13.0. The van der Waals surface area contributed by atoms with Gasteiger partial charge in [-0.25, -0.2) is 0 Å². The molecule has 3 rings (SSSR count). The molecule has 1 aliphatic carbocycles. The van der Waals surface area contributed by atoms with Gasteiger partial charge >= 0.3 is 0 Å². The molecule has 0 spiro atoms. The van der Waals surface area contributed by atoms with E-state index in [2.05, 4.69) is 10.6 Å². The van der Waals surface area contributed by atoms with Gasteiger partial charge in [0.1, 0.15) is 5.78 Å². The number of halogens is 1. The van der Waals surface area contributed by atoms with Crippen LogP contribution in [0, 0.1) is 5.92 Å². The molecule has 140 valence electrons. The first-order valence-corrected chi connectivity index (χ1v) is 9.35. The molecule has 1 saturated carbocycles. The Morgan fingerprint density at radius 1 is 0.926 bits per heavy atom. The Balaban J connectivity index is 1.51. The topological polar surface area (TPSA) is 75.3 Å². The SMILES string of the molecule is O=C(CC(=O)C1CC1)NCCNC(=O)c1ccccc1-c1ccc(Cl)cc1. The third kappa shape index (κ3) is 5.41. The monoisotopic (exact) mass is 384 g/mol. The number of amides is 2. The largest absolute Gasteiger partial charge is 0.354 e. The van der Waals surface area contributed by atoms with Crippen molar-refractivity contribution in [2.75, 3.05) is 13.1 Å². The Bertz CT molecular complexity index is 845. The van der Waals surface area contributed by atoms with Gasteiger partial charge in [0, 0.05) is 29.6 Å². The van der Waals surface area contributed by atoms with Crippen LogP contribution in [0.2, 0.25) is 5.02 Å². The second kappa shape index (κ2) is 8.82. The van der Waals surface area contributed by atoms with E-state index in [9.17, 15) is 14.4 Å². The van der Waals surface area contributed by atoms with Gasteiger partial charge in [0.15, 0.2) is 0 Å². The highest BCUT2D eigenvalue weighted by Crippen LogP contribution is 2.30. The quantitative estimate of drug-likeness (QED) is 0.542. The van der Waals surface area contributed by atoms with E-state index in [1.165, 1.54) is 0 Å². The van der Waals surface area contributed by atoms with Crippen LogP contribution < -0.4 is 10.6 Å². The molecule has 2 amide bonds. The van der Waals surface area contributed by atoms with E-state index in [1.54, 1.807) is 24.3 Å². The lowest BCUT2D eigenvalue weighted by Crippen LogP contribution is -2.35. The number of nitrogens with one attached hydrogen (secondary N) is 2. The van der Waals surface area contributed by atoms with Gasteiger partial charge in [0.2, 0.25) is 5.91 Å². The van der Waals surface area contributed by atoms with E-state index in [-0.39, 0.29) is 43.0 Å². The second-order valence-electron chi connectivity index (χ2n) is 6.58. The van der Waals surface area contributed by atoms with Crippen LogP contribution in [-0.4, -0.2) is 30.7 Å². The minimum absolute atomic E-state index is 0.00780. The molecule has 2 aromatic rings. The molecule has 2 aromatic carbocycles. The zero-order chi connectivity index (χ0) is 19.2. The minimum Gasteiger partial charge on any atom is -0.354 e. The molecular formula is C21H21ClN2O3. The fraction of sp³-hybridized carbons (Fsp3) is 0.286. The minimum atomic E-state index is -0.289. The molecule has 1 aliphatic rings. The molecule has 0 saturated heterocycles. The Morgan fingerprint density at radius 2 is 1.59 bits per heavy atom. The highest BCUT2D eigenvalue weighted by Gasteiger charge is 2.30. The van der Waals surface area contributed by atoms with Crippen molar-refractivity contribution >= 4 is 29.2 Å². The molecular weight excluding hydrogens is 364 g/mol. The van der Waals surface area contributed by atoms with Crippen LogP contribution in [0.25, 0.3) is 11.1 Å². The van der Waals surface area contributed by atoms with Crippen molar-refractivity contribution in [2.24, 2.45) is 5.92 Å². The van der Waals surface area contributed by atoms with Crippen molar-refractivity contribution in [2.45, 2.75) is 19.3 Å². The van der Waals surface area contributed by atoms with Gasteiger partial charge in [-0.2, -0.15) is 0 Å². The summed E-state index contributed by atoms with van der Waals surface area (Å²) in [6.07, 6.45) is 1.72. The van der Waals surface area contributed by atoms with Crippen LogP contribution in [0.4, 0.5) is 0 Å². The number of Topliss-reactive ketones (excluding diaryl/α,β-unsaturated/α-hetero) is 1. The van der Waals surface area contributed by atoms with Gasteiger partial charge in [-0.1, -0.05) is 41.9 Å². The van der Waals surface area contributed by atoms with E-state index in [4.69, 9.17) is 11.6 Å². The molecule has 0 bridgehead atoms. The predicted octanol–water partition coefficient (Wildman–Crippen LogP) is 3.22. The summed E-state index contributed by atoms with van der Waals surface area (Å²) in [5, 5.41) is 6.10. The van der Waals surface area contributed by atoms with Crippen LogP contribution >= 0.6 is 11.6 Å². The maximum Gasteiger partial charge on any atom is 0.251 e. The lowest BCUT2D eigenvalue weighted by molar-refractivity contribution is -0.128. The van der Waals surface area contributed by atoms with Gasteiger partial charge in [-0.15, -0.1) is 0 Å². The third-order valence-corrected chi connectivity index (χ3v) is 4.68.